The maximum Gasteiger partial charge on any atom is 0.135 e. The lowest BCUT2D eigenvalue weighted by Gasteiger charge is -2.33. The Morgan fingerprint density at radius 1 is 0.212 bits per heavy atom. The average Bonchev–Trinajstić information content (AvgIpc) is 3.76. The number of fused-ring (bicyclic) bond motifs is 5. The van der Waals surface area contributed by atoms with Gasteiger partial charge in [0.05, 0.1) is 17.1 Å². The summed E-state index contributed by atoms with van der Waals surface area (Å²) in [4.78, 5) is 7.15. The minimum Gasteiger partial charge on any atom is -0.456 e. The van der Waals surface area contributed by atoms with Crippen LogP contribution >= 0.6 is 0 Å². The second-order valence-electron chi connectivity index (χ2n) is 16.6. The van der Waals surface area contributed by atoms with Crippen molar-refractivity contribution in [3.63, 3.8) is 0 Å². The first-order valence-electron chi connectivity index (χ1n) is 22.4. The third-order valence-corrected chi connectivity index (χ3v) is 12.5. The van der Waals surface area contributed by atoms with Crippen LogP contribution < -0.4 is 14.7 Å². The molecule has 312 valence electrons. The van der Waals surface area contributed by atoms with Gasteiger partial charge in [-0.3, -0.25) is 0 Å². The predicted molar refractivity (Wildman–Crippen MR) is 278 cm³/mol. The molecule has 0 amide bonds. The Kier molecular flexibility index (Phi) is 9.81. The monoisotopic (exact) mass is 845 g/mol. The van der Waals surface area contributed by atoms with Crippen LogP contribution in [0, 0.1) is 0 Å². The van der Waals surface area contributed by atoms with E-state index in [1.165, 1.54) is 27.1 Å². The van der Waals surface area contributed by atoms with E-state index < -0.39 is 0 Å². The lowest BCUT2D eigenvalue weighted by atomic mass is 10.0. The summed E-state index contributed by atoms with van der Waals surface area (Å²) < 4.78 is 6.39. The molecule has 0 aliphatic rings. The largest absolute Gasteiger partial charge is 0.456 e. The van der Waals surface area contributed by atoms with Gasteiger partial charge in [-0.15, -0.1) is 0 Å². The Balaban J connectivity index is 1.14. The lowest BCUT2D eigenvalue weighted by Crippen LogP contribution is -2.16. The zero-order chi connectivity index (χ0) is 43.8. The number of furan rings is 1. The van der Waals surface area contributed by atoms with Gasteiger partial charge in [0.1, 0.15) is 11.2 Å². The van der Waals surface area contributed by atoms with Gasteiger partial charge in [-0.25, -0.2) is 0 Å². The molecule has 11 aromatic carbocycles. The standard InChI is InChI=1S/C62H43N3O/c1-4-16-44(17-5-1)47-28-32-52(33-29-47)65(55-36-37-62-60(43-55)59-26-14-15-27-61(59)66-62)58-41-56(63(50-22-6-2-7-23-50)53-34-30-45-18-10-12-20-48(45)38-53)40-57(42-58)64(51-24-8-3-9-25-51)54-35-31-46-19-11-13-21-49(46)39-54/h1-43H. The summed E-state index contributed by atoms with van der Waals surface area (Å²) in [5, 5.41) is 6.89. The molecule has 0 aliphatic carbocycles. The maximum absolute atomic E-state index is 6.39. The third-order valence-electron chi connectivity index (χ3n) is 12.5. The molecule has 0 bridgehead atoms. The molecular weight excluding hydrogens is 803 g/mol. The zero-order valence-corrected chi connectivity index (χ0v) is 36.1. The average molecular weight is 846 g/mol. The van der Waals surface area contributed by atoms with E-state index in [1.54, 1.807) is 0 Å². The molecule has 0 fully saturated rings. The number of hydrogen-bond donors (Lipinski definition) is 0. The van der Waals surface area contributed by atoms with Crippen molar-refractivity contribution in [2.45, 2.75) is 0 Å². The number of hydrogen-bond acceptors (Lipinski definition) is 4. The minimum absolute atomic E-state index is 0.854. The van der Waals surface area contributed by atoms with Crippen LogP contribution in [0.1, 0.15) is 0 Å². The van der Waals surface area contributed by atoms with Crippen LogP contribution in [-0.2, 0) is 0 Å². The molecule has 0 saturated carbocycles. The van der Waals surface area contributed by atoms with Crippen molar-refractivity contribution < 1.29 is 4.42 Å². The van der Waals surface area contributed by atoms with Gasteiger partial charge in [0, 0.05) is 44.9 Å². The van der Waals surface area contributed by atoms with Gasteiger partial charge in [0.2, 0.25) is 0 Å². The summed E-state index contributed by atoms with van der Waals surface area (Å²) in [7, 11) is 0. The highest BCUT2D eigenvalue weighted by Gasteiger charge is 2.23. The molecule has 4 heteroatoms. The molecule has 1 aromatic heterocycles. The van der Waals surface area contributed by atoms with E-state index in [9.17, 15) is 0 Å². The SMILES string of the molecule is c1ccc(-c2ccc(N(c3cc(N(c4ccccc4)c4ccc5ccccc5c4)cc(N(c4ccccc4)c4ccc5ccccc5c4)c3)c3ccc4oc5ccccc5c4c3)cc2)cc1. The van der Waals surface area contributed by atoms with Crippen molar-refractivity contribution in [1.82, 2.24) is 0 Å². The topological polar surface area (TPSA) is 22.9 Å². The van der Waals surface area contributed by atoms with Crippen LogP contribution in [0.25, 0.3) is 54.6 Å². The first kappa shape index (κ1) is 38.8. The van der Waals surface area contributed by atoms with Crippen molar-refractivity contribution in [2.24, 2.45) is 0 Å². The lowest BCUT2D eigenvalue weighted by molar-refractivity contribution is 0.669. The van der Waals surface area contributed by atoms with Crippen molar-refractivity contribution in [2.75, 3.05) is 14.7 Å². The van der Waals surface area contributed by atoms with Gasteiger partial charge in [0.25, 0.3) is 0 Å². The summed E-state index contributed by atoms with van der Waals surface area (Å²) in [6.07, 6.45) is 0. The molecule has 0 atom stereocenters. The Morgan fingerprint density at radius 2 is 0.591 bits per heavy atom. The maximum atomic E-state index is 6.39. The molecule has 0 spiro atoms. The highest BCUT2D eigenvalue weighted by Crippen LogP contribution is 2.47. The highest BCUT2D eigenvalue weighted by molar-refractivity contribution is 6.07. The molecular formula is C62H43N3O. The first-order valence-corrected chi connectivity index (χ1v) is 22.4. The number of benzene rings is 11. The summed E-state index contributed by atoms with van der Waals surface area (Å²) in [5.41, 5.74) is 13.3. The first-order chi connectivity index (χ1) is 32.7. The fraction of sp³-hybridized carbons (Fsp3) is 0. The van der Waals surface area contributed by atoms with E-state index in [1.807, 2.05) is 12.1 Å². The molecule has 66 heavy (non-hydrogen) atoms. The van der Waals surface area contributed by atoms with Crippen LogP contribution in [0.3, 0.4) is 0 Å². The fourth-order valence-corrected chi connectivity index (χ4v) is 9.38. The highest BCUT2D eigenvalue weighted by atomic mass is 16.3. The van der Waals surface area contributed by atoms with E-state index in [-0.39, 0.29) is 0 Å². The summed E-state index contributed by atoms with van der Waals surface area (Å²) in [5.74, 6) is 0. The third kappa shape index (κ3) is 7.27. The number of rotatable bonds is 10. The van der Waals surface area contributed by atoms with Crippen LogP contribution in [0.2, 0.25) is 0 Å². The van der Waals surface area contributed by atoms with Gasteiger partial charge in [-0.2, -0.15) is 0 Å². The number of para-hydroxylation sites is 3. The van der Waals surface area contributed by atoms with Crippen LogP contribution in [0.15, 0.2) is 265 Å². The molecule has 12 rings (SSSR count). The van der Waals surface area contributed by atoms with Crippen molar-refractivity contribution in [3.05, 3.63) is 261 Å². The van der Waals surface area contributed by atoms with E-state index in [2.05, 4.69) is 263 Å². The summed E-state index contributed by atoms with van der Waals surface area (Å²) >= 11 is 0. The Morgan fingerprint density at radius 3 is 1.14 bits per heavy atom. The number of anilines is 9. The summed E-state index contributed by atoms with van der Waals surface area (Å²) in [6.45, 7) is 0. The Labute approximate surface area is 384 Å². The van der Waals surface area contributed by atoms with Gasteiger partial charge in [-0.1, -0.05) is 158 Å². The van der Waals surface area contributed by atoms with Gasteiger partial charge in [0.15, 0.2) is 0 Å². The van der Waals surface area contributed by atoms with Gasteiger partial charge >= 0.3 is 0 Å². The fourth-order valence-electron chi connectivity index (χ4n) is 9.38. The smallest absolute Gasteiger partial charge is 0.135 e. The summed E-state index contributed by atoms with van der Waals surface area (Å²) in [6, 6.07) is 93.4. The quantitative estimate of drug-likeness (QED) is 0.137. The second kappa shape index (κ2) is 16.7. The van der Waals surface area contributed by atoms with Crippen LogP contribution in [0.5, 0.6) is 0 Å². The van der Waals surface area contributed by atoms with E-state index in [4.69, 9.17) is 4.42 Å². The van der Waals surface area contributed by atoms with Gasteiger partial charge in [-0.05, 0) is 136 Å². The molecule has 0 N–H and O–H groups in total. The minimum atomic E-state index is 0.854. The normalized spacial score (nSPS) is 11.3. The van der Waals surface area contributed by atoms with Crippen molar-refractivity contribution >= 4 is 94.7 Å². The predicted octanol–water partition coefficient (Wildman–Crippen LogP) is 18.0. The van der Waals surface area contributed by atoms with E-state index in [0.717, 1.165) is 78.7 Å². The van der Waals surface area contributed by atoms with Crippen molar-refractivity contribution in [1.29, 1.82) is 0 Å². The molecule has 0 aliphatic heterocycles. The second-order valence-corrected chi connectivity index (χ2v) is 16.6. The molecule has 4 nitrogen and oxygen atoms in total. The molecule has 12 aromatic rings. The van der Waals surface area contributed by atoms with E-state index >= 15 is 0 Å². The Bertz CT molecular complexity index is 3520. The number of nitrogens with zero attached hydrogens (tertiary/aromatic N) is 3. The molecule has 1 heterocycles. The zero-order valence-electron chi connectivity index (χ0n) is 36.1. The van der Waals surface area contributed by atoms with Crippen LogP contribution in [0.4, 0.5) is 51.2 Å². The van der Waals surface area contributed by atoms with Crippen LogP contribution in [-0.4, -0.2) is 0 Å². The Hall–Kier alpha value is -8.86. The van der Waals surface area contributed by atoms with Crippen molar-refractivity contribution in [3.8, 4) is 11.1 Å². The molecule has 0 unspecified atom stereocenters. The molecule has 0 radical (unpaired) electrons. The van der Waals surface area contributed by atoms with Gasteiger partial charge < -0.3 is 19.1 Å². The molecule has 0 saturated heterocycles. The van der Waals surface area contributed by atoms with E-state index in [0.29, 0.717) is 0 Å².